The van der Waals surface area contributed by atoms with Crippen molar-refractivity contribution < 1.29 is 14.4 Å². The van der Waals surface area contributed by atoms with Crippen LogP contribution >= 0.6 is 11.8 Å². The molecule has 0 saturated carbocycles. The van der Waals surface area contributed by atoms with E-state index in [1.165, 1.54) is 16.7 Å². The van der Waals surface area contributed by atoms with Crippen LogP contribution in [0.15, 0.2) is 48.5 Å². The molecule has 8 heteroatoms. The first-order valence-corrected chi connectivity index (χ1v) is 9.45. The van der Waals surface area contributed by atoms with Gasteiger partial charge in [0.05, 0.1) is 0 Å². The second-order valence-electron chi connectivity index (χ2n) is 6.06. The summed E-state index contributed by atoms with van der Waals surface area (Å²) in [4.78, 5) is 37.5. The van der Waals surface area contributed by atoms with E-state index in [4.69, 9.17) is 0 Å². The number of hydrogen-bond acceptors (Lipinski definition) is 4. The smallest absolute Gasteiger partial charge is 0.323 e. The van der Waals surface area contributed by atoms with Gasteiger partial charge in [0.25, 0.3) is 5.24 Å². The molecule has 27 heavy (non-hydrogen) atoms. The molecule has 1 fully saturated rings. The summed E-state index contributed by atoms with van der Waals surface area (Å²) in [6, 6.07) is 14.0. The number of hydrogen-bond donors (Lipinski definition) is 3. The van der Waals surface area contributed by atoms with E-state index in [9.17, 15) is 14.4 Å². The van der Waals surface area contributed by atoms with Crippen LogP contribution in [0.25, 0.3) is 0 Å². The molecular weight excluding hydrogens is 364 g/mol. The molecule has 4 amide bonds. The van der Waals surface area contributed by atoms with Gasteiger partial charge in [-0.1, -0.05) is 36.0 Å². The van der Waals surface area contributed by atoms with Crippen LogP contribution in [0, 0.1) is 6.92 Å². The largest absolute Gasteiger partial charge is 0.324 e. The number of amides is 4. The number of carbonyl (C=O) groups excluding carboxylic acids is 3. The topological polar surface area (TPSA) is 90.5 Å². The van der Waals surface area contributed by atoms with Gasteiger partial charge in [0.15, 0.2) is 0 Å². The highest BCUT2D eigenvalue weighted by molar-refractivity contribution is 8.13. The number of para-hydroxylation sites is 1. The van der Waals surface area contributed by atoms with E-state index >= 15 is 0 Å². The zero-order valence-corrected chi connectivity index (χ0v) is 15.6. The lowest BCUT2D eigenvalue weighted by Gasteiger charge is -2.16. The van der Waals surface area contributed by atoms with Crippen molar-refractivity contribution in [2.45, 2.75) is 6.92 Å². The summed E-state index contributed by atoms with van der Waals surface area (Å²) in [7, 11) is 0. The highest BCUT2D eigenvalue weighted by atomic mass is 32.2. The summed E-state index contributed by atoms with van der Waals surface area (Å²) in [5, 5.41) is 8.21. The Kier molecular flexibility index (Phi) is 5.97. The Morgan fingerprint density at radius 3 is 2.48 bits per heavy atom. The fraction of sp³-hybridized carbons (Fsp3) is 0.211. The number of rotatable bonds is 5. The Morgan fingerprint density at radius 2 is 1.78 bits per heavy atom. The van der Waals surface area contributed by atoms with E-state index in [0.717, 1.165) is 5.56 Å². The van der Waals surface area contributed by atoms with E-state index in [-0.39, 0.29) is 23.7 Å². The molecule has 1 saturated heterocycles. The van der Waals surface area contributed by atoms with Crippen molar-refractivity contribution in [1.29, 1.82) is 0 Å². The van der Waals surface area contributed by atoms with E-state index in [2.05, 4.69) is 16.0 Å². The van der Waals surface area contributed by atoms with Crippen molar-refractivity contribution in [3.05, 3.63) is 54.1 Å². The van der Waals surface area contributed by atoms with Gasteiger partial charge in [0, 0.05) is 29.4 Å². The first kappa shape index (κ1) is 18.8. The molecule has 0 unspecified atom stereocenters. The van der Waals surface area contributed by atoms with Gasteiger partial charge >= 0.3 is 6.03 Å². The Bertz CT molecular complexity index is 857. The predicted octanol–water partition coefficient (Wildman–Crippen LogP) is 3.75. The maximum absolute atomic E-state index is 12.2. The third kappa shape index (κ3) is 5.24. The number of carbonyl (C=O) groups is 3. The molecule has 1 aliphatic rings. The van der Waals surface area contributed by atoms with E-state index in [1.54, 1.807) is 24.3 Å². The molecule has 7 nitrogen and oxygen atoms in total. The quantitative estimate of drug-likeness (QED) is 0.732. The van der Waals surface area contributed by atoms with Crippen LogP contribution in [-0.4, -0.2) is 40.9 Å². The summed E-state index contributed by atoms with van der Waals surface area (Å²) in [5.74, 6) is 0.445. The number of thioether (sulfide) groups is 1. The number of benzene rings is 2. The van der Waals surface area contributed by atoms with Gasteiger partial charge in [-0.3, -0.25) is 9.59 Å². The summed E-state index contributed by atoms with van der Waals surface area (Å²) in [6.07, 6.45) is 0. The molecule has 1 heterocycles. The second kappa shape index (κ2) is 8.59. The third-order valence-corrected chi connectivity index (χ3v) is 4.87. The van der Waals surface area contributed by atoms with E-state index in [0.29, 0.717) is 29.4 Å². The minimum Gasteiger partial charge on any atom is -0.324 e. The van der Waals surface area contributed by atoms with Gasteiger partial charge in [-0.25, -0.2) is 4.79 Å². The van der Waals surface area contributed by atoms with Crippen LogP contribution in [-0.2, 0) is 4.79 Å². The zero-order valence-electron chi connectivity index (χ0n) is 14.8. The van der Waals surface area contributed by atoms with Gasteiger partial charge in [-0.15, -0.1) is 0 Å². The predicted molar refractivity (Wildman–Crippen MR) is 108 cm³/mol. The van der Waals surface area contributed by atoms with Crippen molar-refractivity contribution in [3.63, 3.8) is 0 Å². The first-order valence-electron chi connectivity index (χ1n) is 8.46. The lowest BCUT2D eigenvalue weighted by Crippen LogP contribution is -2.33. The van der Waals surface area contributed by atoms with Gasteiger partial charge in [0.1, 0.15) is 6.54 Å². The highest BCUT2D eigenvalue weighted by Crippen LogP contribution is 2.21. The molecule has 3 N–H and O–H groups in total. The third-order valence-electron chi connectivity index (χ3n) is 3.98. The summed E-state index contributed by atoms with van der Waals surface area (Å²) in [6.45, 7) is 2.47. The van der Waals surface area contributed by atoms with Gasteiger partial charge in [-0.05, 0) is 36.8 Å². The summed E-state index contributed by atoms with van der Waals surface area (Å²) >= 11 is 1.22. The number of nitrogens with zero attached hydrogens (tertiary/aromatic N) is 1. The normalized spacial score (nSPS) is 13.4. The van der Waals surface area contributed by atoms with Crippen molar-refractivity contribution in [2.24, 2.45) is 0 Å². The monoisotopic (exact) mass is 384 g/mol. The van der Waals surface area contributed by atoms with Crippen LogP contribution < -0.4 is 16.0 Å². The molecule has 0 aliphatic carbocycles. The Morgan fingerprint density at radius 1 is 1.04 bits per heavy atom. The number of anilines is 3. The average Bonchev–Trinajstić information content (AvgIpc) is 3.03. The molecular formula is C19H20N4O3S. The lowest BCUT2D eigenvalue weighted by atomic mass is 10.1. The van der Waals surface area contributed by atoms with Crippen LogP contribution in [0.4, 0.5) is 26.7 Å². The number of aryl methyl sites for hydroxylation is 1. The SMILES string of the molecule is Cc1ccc(NC(=O)Nc2ccccc2)cc1NC(=O)CN1CCSC1=O. The summed E-state index contributed by atoms with van der Waals surface area (Å²) < 4.78 is 0. The molecule has 140 valence electrons. The molecule has 1 aliphatic heterocycles. The molecule has 2 aromatic carbocycles. The van der Waals surface area contributed by atoms with Gasteiger partial charge < -0.3 is 20.9 Å². The molecule has 3 rings (SSSR count). The summed E-state index contributed by atoms with van der Waals surface area (Å²) in [5.41, 5.74) is 2.69. The standard InChI is InChI=1S/C19H20N4O3S/c1-13-7-8-15(21-18(25)20-14-5-3-2-4-6-14)11-16(13)22-17(24)12-23-9-10-27-19(23)26/h2-8,11H,9-10,12H2,1H3,(H,22,24)(H2,20,21,25). The molecule has 0 spiro atoms. The average molecular weight is 384 g/mol. The Hall–Kier alpha value is -3.00. The maximum Gasteiger partial charge on any atom is 0.323 e. The molecule has 0 radical (unpaired) electrons. The van der Waals surface area contributed by atoms with Crippen LogP contribution in [0.2, 0.25) is 0 Å². The Labute approximate surface area is 161 Å². The molecule has 0 atom stereocenters. The lowest BCUT2D eigenvalue weighted by molar-refractivity contribution is -0.116. The van der Waals surface area contributed by atoms with Crippen LogP contribution in [0.3, 0.4) is 0 Å². The van der Waals surface area contributed by atoms with Gasteiger partial charge in [0.2, 0.25) is 5.91 Å². The molecule has 0 bridgehead atoms. The van der Waals surface area contributed by atoms with Gasteiger partial charge in [-0.2, -0.15) is 0 Å². The molecule has 0 aromatic heterocycles. The first-order chi connectivity index (χ1) is 13.0. The van der Waals surface area contributed by atoms with Crippen LogP contribution in [0.5, 0.6) is 0 Å². The van der Waals surface area contributed by atoms with Crippen molar-refractivity contribution >= 4 is 46.0 Å². The Balaban J connectivity index is 1.60. The highest BCUT2D eigenvalue weighted by Gasteiger charge is 2.23. The maximum atomic E-state index is 12.2. The van der Waals surface area contributed by atoms with Crippen molar-refractivity contribution in [1.82, 2.24) is 4.90 Å². The number of urea groups is 1. The van der Waals surface area contributed by atoms with Crippen molar-refractivity contribution in [3.8, 4) is 0 Å². The van der Waals surface area contributed by atoms with Crippen LogP contribution in [0.1, 0.15) is 5.56 Å². The minimum atomic E-state index is -0.373. The number of nitrogens with one attached hydrogen (secondary N) is 3. The second-order valence-corrected chi connectivity index (χ2v) is 7.11. The van der Waals surface area contributed by atoms with E-state index < -0.39 is 0 Å². The zero-order chi connectivity index (χ0) is 19.2. The van der Waals surface area contributed by atoms with Crippen molar-refractivity contribution in [2.75, 3.05) is 34.8 Å². The molecule has 2 aromatic rings. The fourth-order valence-corrected chi connectivity index (χ4v) is 3.41. The van der Waals surface area contributed by atoms with E-state index in [1.807, 2.05) is 31.2 Å². The fourth-order valence-electron chi connectivity index (χ4n) is 2.58. The minimum absolute atomic E-state index is 0.0252.